The highest BCUT2D eigenvalue weighted by Gasteiger charge is 2.24. The van der Waals surface area contributed by atoms with Crippen LogP contribution in [0.4, 0.5) is 0 Å². The van der Waals surface area contributed by atoms with Crippen molar-refractivity contribution in [2.45, 2.75) is 9.79 Å². The number of benzene rings is 7. The Hall–Kier alpha value is -5.84. The zero-order valence-corrected chi connectivity index (χ0v) is 26.2. The standard InChI is InChI=1S/C43H27N3S/c1-4-13-28(14-5-1)31-19-10-20-32(27-31)33-21-11-24-36-34-22-12-23-35-37(25-26-38(39(34)35)47-40(33)36)43-45-41(29-15-6-2-7-16-29)44-42(46-43)30-17-8-3-9-18-30/h1-27H. The van der Waals surface area contributed by atoms with E-state index in [4.69, 9.17) is 15.0 Å². The van der Waals surface area contributed by atoms with Crippen molar-refractivity contribution in [3.05, 3.63) is 164 Å². The van der Waals surface area contributed by atoms with Crippen molar-refractivity contribution < 1.29 is 0 Å². The normalized spacial score (nSPS) is 11.7. The molecule has 0 atom stereocenters. The monoisotopic (exact) mass is 617 g/mol. The zero-order valence-electron chi connectivity index (χ0n) is 25.3. The van der Waals surface area contributed by atoms with Crippen molar-refractivity contribution in [1.29, 1.82) is 0 Å². The molecule has 8 aromatic rings. The van der Waals surface area contributed by atoms with Crippen LogP contribution in [0.25, 0.3) is 78.3 Å². The third kappa shape index (κ3) is 4.91. The van der Waals surface area contributed by atoms with Gasteiger partial charge in [-0.25, -0.2) is 15.0 Å². The highest BCUT2D eigenvalue weighted by atomic mass is 32.2. The van der Waals surface area contributed by atoms with E-state index in [1.807, 2.05) is 72.4 Å². The van der Waals surface area contributed by atoms with Gasteiger partial charge in [-0.1, -0.05) is 157 Å². The summed E-state index contributed by atoms with van der Waals surface area (Å²) in [5, 5.41) is 2.37. The Morgan fingerprint density at radius 1 is 0.340 bits per heavy atom. The Kier molecular flexibility index (Phi) is 6.72. The number of nitrogens with zero attached hydrogens (tertiary/aromatic N) is 3. The molecule has 0 unspecified atom stereocenters. The van der Waals surface area contributed by atoms with Gasteiger partial charge in [0, 0.05) is 31.9 Å². The number of hydrogen-bond donors (Lipinski definition) is 0. The minimum absolute atomic E-state index is 0.664. The summed E-state index contributed by atoms with van der Waals surface area (Å²) in [7, 11) is 0. The van der Waals surface area contributed by atoms with E-state index in [1.54, 1.807) is 0 Å². The molecule has 2 heterocycles. The van der Waals surface area contributed by atoms with E-state index >= 15 is 0 Å². The topological polar surface area (TPSA) is 38.7 Å². The minimum Gasteiger partial charge on any atom is -0.208 e. The first-order valence-electron chi connectivity index (χ1n) is 15.7. The summed E-state index contributed by atoms with van der Waals surface area (Å²) in [6, 6.07) is 57.4. The van der Waals surface area contributed by atoms with Crippen molar-refractivity contribution >= 4 is 22.5 Å². The van der Waals surface area contributed by atoms with E-state index in [9.17, 15) is 0 Å². The maximum absolute atomic E-state index is 5.05. The SMILES string of the molecule is c1ccc(-c2cccc(-c3cccc4c3Sc3ccc(-c5nc(-c6ccccc6)nc(-c6ccccc6)n5)c5cccc-4c35)c2)cc1. The highest BCUT2D eigenvalue weighted by Crippen LogP contribution is 2.52. The predicted molar refractivity (Wildman–Crippen MR) is 194 cm³/mol. The van der Waals surface area contributed by atoms with Gasteiger partial charge in [-0.05, 0) is 57.0 Å². The van der Waals surface area contributed by atoms with Gasteiger partial charge in [-0.3, -0.25) is 0 Å². The lowest BCUT2D eigenvalue weighted by Crippen LogP contribution is -2.01. The van der Waals surface area contributed by atoms with Crippen LogP contribution < -0.4 is 0 Å². The molecule has 3 nitrogen and oxygen atoms in total. The van der Waals surface area contributed by atoms with Crippen molar-refractivity contribution in [2.24, 2.45) is 0 Å². The third-order valence-corrected chi connectivity index (χ3v) is 9.94. The van der Waals surface area contributed by atoms with E-state index in [-0.39, 0.29) is 0 Å². The predicted octanol–water partition coefficient (Wildman–Crippen LogP) is 11.5. The van der Waals surface area contributed by atoms with Gasteiger partial charge in [0.25, 0.3) is 0 Å². The molecule has 0 amide bonds. The number of hydrogen-bond acceptors (Lipinski definition) is 4. The third-order valence-electron chi connectivity index (χ3n) is 8.74. The fraction of sp³-hybridized carbons (Fsp3) is 0. The molecule has 0 N–H and O–H groups in total. The number of rotatable bonds is 5. The van der Waals surface area contributed by atoms with Crippen LogP contribution in [-0.2, 0) is 0 Å². The van der Waals surface area contributed by atoms with E-state index < -0.39 is 0 Å². The lowest BCUT2D eigenvalue weighted by atomic mass is 9.92. The molecule has 220 valence electrons. The first-order chi connectivity index (χ1) is 23.3. The van der Waals surface area contributed by atoms with Crippen molar-refractivity contribution in [1.82, 2.24) is 15.0 Å². The average molecular weight is 618 g/mol. The molecule has 0 spiro atoms. The fourth-order valence-corrected chi connectivity index (χ4v) is 7.76. The molecule has 0 fully saturated rings. The second kappa shape index (κ2) is 11.5. The van der Waals surface area contributed by atoms with Gasteiger partial charge >= 0.3 is 0 Å². The highest BCUT2D eigenvalue weighted by molar-refractivity contribution is 8.00. The van der Waals surface area contributed by atoms with Crippen molar-refractivity contribution in [3.63, 3.8) is 0 Å². The summed E-state index contributed by atoms with van der Waals surface area (Å²) in [6.07, 6.45) is 0. The van der Waals surface area contributed by atoms with Crippen LogP contribution in [0.3, 0.4) is 0 Å². The lowest BCUT2D eigenvalue weighted by Gasteiger charge is -2.24. The largest absolute Gasteiger partial charge is 0.208 e. The van der Waals surface area contributed by atoms with Gasteiger partial charge in [0.05, 0.1) is 0 Å². The summed E-state index contributed by atoms with van der Waals surface area (Å²) >= 11 is 1.85. The second-order valence-electron chi connectivity index (χ2n) is 11.6. The molecule has 47 heavy (non-hydrogen) atoms. The quantitative estimate of drug-likeness (QED) is 0.193. The van der Waals surface area contributed by atoms with Gasteiger partial charge < -0.3 is 0 Å². The van der Waals surface area contributed by atoms with Gasteiger partial charge in [0.1, 0.15) is 0 Å². The van der Waals surface area contributed by atoms with E-state index in [2.05, 4.69) is 103 Å². The Morgan fingerprint density at radius 3 is 1.57 bits per heavy atom. The number of aromatic nitrogens is 3. The van der Waals surface area contributed by atoms with Crippen LogP contribution in [0.1, 0.15) is 0 Å². The molecule has 1 aromatic heterocycles. The summed E-state index contributed by atoms with van der Waals surface area (Å²) < 4.78 is 0. The minimum atomic E-state index is 0.664. The molecular formula is C43H27N3S. The van der Waals surface area contributed by atoms with Crippen LogP contribution in [0, 0.1) is 0 Å². The second-order valence-corrected chi connectivity index (χ2v) is 12.7. The Bertz CT molecular complexity index is 2370. The maximum atomic E-state index is 5.05. The molecule has 0 saturated heterocycles. The van der Waals surface area contributed by atoms with E-state index in [0.29, 0.717) is 17.5 Å². The Labute approximate surface area is 277 Å². The van der Waals surface area contributed by atoms with Crippen molar-refractivity contribution in [2.75, 3.05) is 0 Å². The van der Waals surface area contributed by atoms with Gasteiger partial charge in [0.2, 0.25) is 0 Å². The summed E-state index contributed by atoms with van der Waals surface area (Å²) in [5.74, 6) is 2.00. The lowest BCUT2D eigenvalue weighted by molar-refractivity contribution is 1.08. The number of fused-ring (bicyclic) bond motifs is 2. The smallest absolute Gasteiger partial charge is 0.164 e. The molecule has 0 bridgehead atoms. The Balaban J connectivity index is 1.20. The summed E-state index contributed by atoms with van der Waals surface area (Å²) in [4.78, 5) is 17.5. The van der Waals surface area contributed by atoms with E-state index in [0.717, 1.165) is 22.1 Å². The summed E-state index contributed by atoms with van der Waals surface area (Å²) in [6.45, 7) is 0. The zero-order chi connectivity index (χ0) is 31.2. The maximum Gasteiger partial charge on any atom is 0.164 e. The van der Waals surface area contributed by atoms with Crippen LogP contribution in [0.15, 0.2) is 174 Å². The average Bonchev–Trinajstić information content (AvgIpc) is 3.16. The van der Waals surface area contributed by atoms with Gasteiger partial charge in [0.15, 0.2) is 17.5 Å². The molecule has 9 rings (SSSR count). The van der Waals surface area contributed by atoms with Crippen LogP contribution in [0.2, 0.25) is 0 Å². The molecule has 1 aliphatic heterocycles. The van der Waals surface area contributed by atoms with Gasteiger partial charge in [-0.15, -0.1) is 0 Å². The molecule has 0 aliphatic carbocycles. The van der Waals surface area contributed by atoms with Crippen LogP contribution in [-0.4, -0.2) is 15.0 Å². The first-order valence-corrected chi connectivity index (χ1v) is 16.5. The van der Waals surface area contributed by atoms with Crippen molar-refractivity contribution in [3.8, 4) is 67.5 Å². The molecule has 1 aliphatic rings. The molecule has 7 aromatic carbocycles. The molecule has 0 radical (unpaired) electrons. The first kappa shape index (κ1) is 27.5. The molecular weight excluding hydrogens is 591 g/mol. The molecule has 4 heteroatoms. The van der Waals surface area contributed by atoms with E-state index in [1.165, 1.54) is 48.6 Å². The summed E-state index contributed by atoms with van der Waals surface area (Å²) in [5.41, 5.74) is 10.3. The Morgan fingerprint density at radius 2 is 0.872 bits per heavy atom. The van der Waals surface area contributed by atoms with Gasteiger partial charge in [-0.2, -0.15) is 0 Å². The molecule has 0 saturated carbocycles. The van der Waals surface area contributed by atoms with Crippen LogP contribution in [0.5, 0.6) is 0 Å². The fourth-order valence-electron chi connectivity index (χ4n) is 6.50. The van der Waals surface area contributed by atoms with Crippen LogP contribution >= 0.6 is 11.8 Å².